The Morgan fingerprint density at radius 3 is 2.87 bits per heavy atom. The van der Waals surface area contributed by atoms with Crippen molar-refractivity contribution in [1.29, 1.82) is 0 Å². The summed E-state index contributed by atoms with van der Waals surface area (Å²) < 4.78 is 1.81. The van der Waals surface area contributed by atoms with Gasteiger partial charge in [0, 0.05) is 18.3 Å². The second-order valence-electron chi connectivity index (χ2n) is 3.53. The number of nitrogens with zero attached hydrogens (tertiary/aromatic N) is 2. The lowest BCUT2D eigenvalue weighted by Gasteiger charge is -2.13. The number of carbonyl (C=O) groups excluding carboxylic acids is 1. The van der Waals surface area contributed by atoms with Gasteiger partial charge in [-0.05, 0) is 20.1 Å². The van der Waals surface area contributed by atoms with Crippen LogP contribution in [0, 0.1) is 6.92 Å². The van der Waals surface area contributed by atoms with E-state index in [9.17, 15) is 4.79 Å². The molecule has 0 radical (unpaired) electrons. The van der Waals surface area contributed by atoms with Gasteiger partial charge in [-0.25, -0.2) is 0 Å². The predicted octanol–water partition coefficient (Wildman–Crippen LogP) is 1.27. The second-order valence-corrected chi connectivity index (χ2v) is 4.40. The molecule has 15 heavy (non-hydrogen) atoms. The first-order valence-corrected chi connectivity index (χ1v) is 6.22. The molecule has 0 aliphatic rings. The van der Waals surface area contributed by atoms with E-state index in [-0.39, 0.29) is 11.9 Å². The Hall–Kier alpha value is -0.970. The maximum absolute atomic E-state index is 11.4. The largest absolute Gasteiger partial charge is 0.349 e. The minimum absolute atomic E-state index is 0.0262. The van der Waals surface area contributed by atoms with Crippen LogP contribution in [0.1, 0.15) is 24.2 Å². The predicted molar refractivity (Wildman–Crippen MR) is 62.9 cm³/mol. The fourth-order valence-corrected chi connectivity index (χ4v) is 1.78. The highest BCUT2D eigenvalue weighted by atomic mass is 32.2. The number of nitrogens with one attached hydrogen (secondary N) is 1. The minimum atomic E-state index is 0.0262. The summed E-state index contributed by atoms with van der Waals surface area (Å²) in [5.74, 6) is 0.571. The molecule has 0 unspecified atom stereocenters. The third-order valence-corrected chi connectivity index (χ3v) is 2.94. The Morgan fingerprint density at radius 2 is 2.40 bits per heavy atom. The summed E-state index contributed by atoms with van der Waals surface area (Å²) in [6, 6.07) is 0.0262. The van der Waals surface area contributed by atoms with Gasteiger partial charge in [-0.3, -0.25) is 9.48 Å². The molecule has 1 atom stereocenters. The highest BCUT2D eigenvalue weighted by molar-refractivity contribution is 7.99. The molecular weight excluding hydrogens is 210 g/mol. The van der Waals surface area contributed by atoms with Crippen LogP contribution < -0.4 is 5.32 Å². The zero-order valence-electron chi connectivity index (χ0n) is 9.57. The van der Waals surface area contributed by atoms with E-state index < -0.39 is 0 Å². The Balaban J connectivity index is 2.65. The van der Waals surface area contributed by atoms with Gasteiger partial charge in [0.2, 0.25) is 5.91 Å². The van der Waals surface area contributed by atoms with Gasteiger partial charge in [-0.2, -0.15) is 16.9 Å². The molecule has 1 rings (SSSR count). The van der Waals surface area contributed by atoms with E-state index in [1.54, 1.807) is 6.20 Å². The zero-order valence-corrected chi connectivity index (χ0v) is 10.4. The lowest BCUT2D eigenvalue weighted by molar-refractivity contribution is -0.119. The van der Waals surface area contributed by atoms with Crippen molar-refractivity contribution in [3.63, 3.8) is 0 Å². The fourth-order valence-electron chi connectivity index (χ4n) is 1.43. The summed E-state index contributed by atoms with van der Waals surface area (Å²) in [4.78, 5) is 11.4. The topological polar surface area (TPSA) is 46.9 Å². The summed E-state index contributed by atoms with van der Waals surface area (Å²) in [5, 5.41) is 7.09. The Bertz CT molecular complexity index is 348. The molecule has 1 aromatic rings. The first-order chi connectivity index (χ1) is 7.06. The van der Waals surface area contributed by atoms with Crippen LogP contribution in [0.4, 0.5) is 0 Å². The standard InChI is InChI=1S/C10H17N3OS/c1-7(12-10(14)6-15-4)9-5-11-13(3)8(9)2/h5,7H,6H2,1-4H3,(H,12,14)/t7-/m0/s1. The number of hydrogen-bond acceptors (Lipinski definition) is 3. The van der Waals surface area contributed by atoms with Crippen LogP contribution in [0.15, 0.2) is 6.20 Å². The van der Waals surface area contributed by atoms with Gasteiger partial charge in [-0.1, -0.05) is 0 Å². The third kappa shape index (κ3) is 2.99. The van der Waals surface area contributed by atoms with Crippen LogP contribution in [-0.4, -0.2) is 27.7 Å². The summed E-state index contributed by atoms with van der Waals surface area (Å²) >= 11 is 1.52. The lowest BCUT2D eigenvalue weighted by Crippen LogP contribution is -2.28. The molecule has 0 fully saturated rings. The van der Waals surface area contributed by atoms with Crippen LogP contribution >= 0.6 is 11.8 Å². The van der Waals surface area contributed by atoms with Crippen molar-refractivity contribution >= 4 is 17.7 Å². The molecule has 1 amide bonds. The Kier molecular flexibility index (Phi) is 4.20. The molecule has 0 spiro atoms. The molecule has 4 nitrogen and oxygen atoms in total. The fraction of sp³-hybridized carbons (Fsp3) is 0.600. The van der Waals surface area contributed by atoms with Crippen LogP contribution in [0.5, 0.6) is 0 Å². The highest BCUT2D eigenvalue weighted by Gasteiger charge is 2.13. The molecular formula is C10H17N3OS. The van der Waals surface area contributed by atoms with E-state index >= 15 is 0 Å². The smallest absolute Gasteiger partial charge is 0.230 e. The van der Waals surface area contributed by atoms with Crippen molar-refractivity contribution in [2.75, 3.05) is 12.0 Å². The van der Waals surface area contributed by atoms with Crippen LogP contribution in [0.3, 0.4) is 0 Å². The van der Waals surface area contributed by atoms with Crippen molar-refractivity contribution < 1.29 is 4.79 Å². The van der Waals surface area contributed by atoms with Gasteiger partial charge in [0.15, 0.2) is 0 Å². The molecule has 1 N–H and O–H groups in total. The first-order valence-electron chi connectivity index (χ1n) is 4.83. The van der Waals surface area contributed by atoms with Gasteiger partial charge in [0.25, 0.3) is 0 Å². The molecule has 1 aromatic heterocycles. The van der Waals surface area contributed by atoms with E-state index in [0.717, 1.165) is 11.3 Å². The molecule has 0 bridgehead atoms. The van der Waals surface area contributed by atoms with Crippen molar-refractivity contribution in [2.24, 2.45) is 7.05 Å². The average molecular weight is 227 g/mol. The summed E-state index contributed by atoms with van der Waals surface area (Å²) in [7, 11) is 1.90. The van der Waals surface area contributed by atoms with Crippen molar-refractivity contribution in [3.05, 3.63) is 17.5 Å². The molecule has 1 heterocycles. The van der Waals surface area contributed by atoms with Gasteiger partial charge < -0.3 is 5.32 Å². The van der Waals surface area contributed by atoms with E-state index in [1.165, 1.54) is 11.8 Å². The molecule has 0 saturated heterocycles. The number of aryl methyl sites for hydroxylation is 1. The van der Waals surface area contributed by atoms with E-state index in [4.69, 9.17) is 0 Å². The van der Waals surface area contributed by atoms with Gasteiger partial charge >= 0.3 is 0 Å². The number of amides is 1. The quantitative estimate of drug-likeness (QED) is 0.842. The molecule has 0 aliphatic heterocycles. The van der Waals surface area contributed by atoms with Crippen molar-refractivity contribution in [3.8, 4) is 0 Å². The van der Waals surface area contributed by atoms with Gasteiger partial charge in [0.1, 0.15) is 0 Å². The Labute approximate surface area is 94.4 Å². The number of carbonyl (C=O) groups is 1. The summed E-state index contributed by atoms with van der Waals surface area (Å²) in [5.41, 5.74) is 2.17. The van der Waals surface area contributed by atoms with E-state index in [1.807, 2.05) is 31.8 Å². The van der Waals surface area contributed by atoms with E-state index in [2.05, 4.69) is 10.4 Å². The minimum Gasteiger partial charge on any atom is -0.349 e. The maximum atomic E-state index is 11.4. The monoisotopic (exact) mass is 227 g/mol. The Morgan fingerprint density at radius 1 is 1.73 bits per heavy atom. The first kappa shape index (κ1) is 12.1. The number of thioether (sulfide) groups is 1. The SMILES string of the molecule is CSCC(=O)N[C@@H](C)c1cnn(C)c1C. The van der Waals surface area contributed by atoms with Crippen molar-refractivity contribution in [1.82, 2.24) is 15.1 Å². The van der Waals surface area contributed by atoms with E-state index in [0.29, 0.717) is 5.75 Å². The zero-order chi connectivity index (χ0) is 11.4. The van der Waals surface area contributed by atoms with Gasteiger partial charge in [0.05, 0.1) is 18.0 Å². The number of hydrogen-bond donors (Lipinski definition) is 1. The maximum Gasteiger partial charge on any atom is 0.230 e. The van der Waals surface area contributed by atoms with Crippen LogP contribution in [0.25, 0.3) is 0 Å². The highest BCUT2D eigenvalue weighted by Crippen LogP contribution is 2.15. The normalized spacial score (nSPS) is 12.5. The molecule has 0 aliphatic carbocycles. The molecule has 84 valence electrons. The molecule has 5 heteroatoms. The summed E-state index contributed by atoms with van der Waals surface area (Å²) in [6.07, 6.45) is 3.72. The summed E-state index contributed by atoms with van der Waals surface area (Å²) in [6.45, 7) is 3.97. The van der Waals surface area contributed by atoms with Crippen molar-refractivity contribution in [2.45, 2.75) is 19.9 Å². The van der Waals surface area contributed by atoms with Crippen LogP contribution in [0.2, 0.25) is 0 Å². The molecule has 0 saturated carbocycles. The number of aromatic nitrogens is 2. The third-order valence-electron chi connectivity index (χ3n) is 2.39. The number of rotatable bonds is 4. The van der Waals surface area contributed by atoms with Crippen LogP contribution in [-0.2, 0) is 11.8 Å². The average Bonchev–Trinajstić information content (AvgIpc) is 2.48. The van der Waals surface area contributed by atoms with Gasteiger partial charge in [-0.15, -0.1) is 0 Å². The molecule has 0 aromatic carbocycles. The second kappa shape index (κ2) is 5.21. The lowest BCUT2D eigenvalue weighted by atomic mass is 10.1.